The highest BCUT2D eigenvalue weighted by Gasteiger charge is 2.08. The van der Waals surface area contributed by atoms with Crippen molar-refractivity contribution >= 4 is 17.5 Å². The van der Waals surface area contributed by atoms with Crippen molar-refractivity contribution in [2.75, 3.05) is 18.4 Å². The van der Waals surface area contributed by atoms with Crippen LogP contribution in [0.5, 0.6) is 5.75 Å². The zero-order valence-electron chi connectivity index (χ0n) is 18.2. The maximum atomic E-state index is 13.6. The highest BCUT2D eigenvalue weighted by molar-refractivity contribution is 5.94. The summed E-state index contributed by atoms with van der Waals surface area (Å²) in [6, 6.07) is 19.0. The maximum absolute atomic E-state index is 13.6. The Morgan fingerprint density at radius 2 is 1.59 bits per heavy atom. The van der Waals surface area contributed by atoms with Crippen molar-refractivity contribution < 1.29 is 27.5 Å². The third-order valence-corrected chi connectivity index (χ3v) is 4.88. The van der Waals surface area contributed by atoms with Gasteiger partial charge in [-0.25, -0.2) is 4.39 Å². The molecule has 6 nitrogen and oxygen atoms in total. The van der Waals surface area contributed by atoms with Gasteiger partial charge in [0.15, 0.2) is 0 Å². The lowest BCUT2D eigenvalue weighted by Crippen LogP contribution is -2.31. The Labute approximate surface area is 195 Å². The van der Waals surface area contributed by atoms with Crippen molar-refractivity contribution in [1.29, 1.82) is 0 Å². The topological polar surface area (TPSA) is 79.5 Å². The predicted octanol–water partition coefficient (Wildman–Crippen LogP) is 4.13. The number of hydrogen-bond acceptors (Lipinski definition) is 4. The van der Waals surface area contributed by atoms with Gasteiger partial charge in [-0.3, -0.25) is 9.59 Å². The molecule has 0 aliphatic carbocycles. The fourth-order valence-corrected chi connectivity index (χ4v) is 3.09. The molecule has 0 aliphatic heterocycles. The van der Waals surface area contributed by atoms with E-state index in [-0.39, 0.29) is 36.5 Å². The first-order valence-electron chi connectivity index (χ1n) is 10.6. The van der Waals surface area contributed by atoms with Gasteiger partial charge in [0.05, 0.1) is 6.54 Å². The van der Waals surface area contributed by atoms with E-state index >= 15 is 0 Å². The zero-order chi connectivity index (χ0) is 24.3. The lowest BCUT2D eigenvalue weighted by atomic mass is 10.1. The molecule has 0 aromatic heterocycles. The number of carbonyl (C=O) groups is 2. The van der Waals surface area contributed by atoms with Gasteiger partial charge in [0, 0.05) is 29.9 Å². The Bertz CT molecular complexity index is 1090. The molecule has 0 aliphatic rings. The summed E-state index contributed by atoms with van der Waals surface area (Å²) in [5.74, 6) is -0.843. The Hall–Kier alpha value is -4.01. The minimum atomic E-state index is -2.86. The van der Waals surface area contributed by atoms with Gasteiger partial charge in [0.25, 0.3) is 5.91 Å². The second kappa shape index (κ2) is 12.3. The maximum Gasteiger partial charge on any atom is 0.387 e. The molecule has 3 aromatic rings. The van der Waals surface area contributed by atoms with Gasteiger partial charge < -0.3 is 20.7 Å². The van der Waals surface area contributed by atoms with E-state index in [1.165, 1.54) is 18.2 Å². The van der Waals surface area contributed by atoms with Crippen LogP contribution in [0, 0.1) is 5.82 Å². The lowest BCUT2D eigenvalue weighted by molar-refractivity contribution is -0.119. The first-order chi connectivity index (χ1) is 16.4. The Balaban J connectivity index is 1.37. The smallest absolute Gasteiger partial charge is 0.387 e. The molecule has 0 unspecified atom stereocenters. The van der Waals surface area contributed by atoms with E-state index in [4.69, 9.17) is 0 Å². The van der Waals surface area contributed by atoms with Crippen LogP contribution < -0.4 is 20.7 Å². The summed E-state index contributed by atoms with van der Waals surface area (Å²) < 4.78 is 42.3. The van der Waals surface area contributed by atoms with Crippen molar-refractivity contribution in [2.45, 2.75) is 19.6 Å². The zero-order valence-corrected chi connectivity index (χ0v) is 18.2. The van der Waals surface area contributed by atoms with Crippen LogP contribution in [-0.2, 0) is 17.8 Å². The molecule has 0 spiro atoms. The molecule has 2 amide bonds. The third-order valence-electron chi connectivity index (χ3n) is 4.88. The summed E-state index contributed by atoms with van der Waals surface area (Å²) in [6.45, 7) is -2.35. The van der Waals surface area contributed by atoms with Crippen LogP contribution in [-0.4, -0.2) is 31.5 Å². The molecular weight excluding hydrogens is 447 g/mol. The molecule has 3 aromatic carbocycles. The van der Waals surface area contributed by atoms with Crippen LogP contribution in [0.1, 0.15) is 21.5 Å². The second-order valence-electron chi connectivity index (χ2n) is 7.33. The lowest BCUT2D eigenvalue weighted by Gasteiger charge is -2.10. The van der Waals surface area contributed by atoms with E-state index in [2.05, 4.69) is 20.7 Å². The van der Waals surface area contributed by atoms with E-state index < -0.39 is 6.61 Å². The first-order valence-corrected chi connectivity index (χ1v) is 10.6. The van der Waals surface area contributed by atoms with Crippen LogP contribution in [0.4, 0.5) is 18.9 Å². The number of amides is 2. The Morgan fingerprint density at radius 1 is 0.882 bits per heavy atom. The molecule has 178 valence electrons. The minimum Gasteiger partial charge on any atom is -0.435 e. The van der Waals surface area contributed by atoms with Crippen molar-refractivity contribution in [3.8, 4) is 5.75 Å². The van der Waals surface area contributed by atoms with Crippen LogP contribution in [0.2, 0.25) is 0 Å². The molecule has 3 rings (SSSR count). The van der Waals surface area contributed by atoms with Crippen LogP contribution in [0.15, 0.2) is 72.8 Å². The molecule has 0 bridgehead atoms. The number of hydrogen-bond donors (Lipinski definition) is 3. The summed E-state index contributed by atoms with van der Waals surface area (Å²) in [4.78, 5) is 24.3. The molecule has 0 heterocycles. The average Bonchev–Trinajstić information content (AvgIpc) is 2.83. The third kappa shape index (κ3) is 7.84. The molecule has 34 heavy (non-hydrogen) atoms. The molecular formula is C25H24F3N3O3. The Kier molecular flexibility index (Phi) is 8.90. The highest BCUT2D eigenvalue weighted by Crippen LogP contribution is 2.15. The summed E-state index contributed by atoms with van der Waals surface area (Å²) in [6.07, 6.45) is 0.539. The van der Waals surface area contributed by atoms with Crippen molar-refractivity contribution in [3.63, 3.8) is 0 Å². The van der Waals surface area contributed by atoms with Gasteiger partial charge >= 0.3 is 6.61 Å². The van der Waals surface area contributed by atoms with Crippen LogP contribution >= 0.6 is 0 Å². The number of rotatable bonds is 11. The Morgan fingerprint density at radius 3 is 2.26 bits per heavy atom. The summed E-state index contributed by atoms with van der Waals surface area (Å²) in [7, 11) is 0. The van der Waals surface area contributed by atoms with E-state index in [0.29, 0.717) is 29.8 Å². The van der Waals surface area contributed by atoms with E-state index in [1.807, 2.05) is 0 Å². The fraction of sp³-hybridized carbons (Fsp3) is 0.200. The number of anilines is 1. The van der Waals surface area contributed by atoms with E-state index in [9.17, 15) is 22.8 Å². The quantitative estimate of drug-likeness (QED) is 0.393. The molecule has 0 saturated heterocycles. The second-order valence-corrected chi connectivity index (χ2v) is 7.33. The summed E-state index contributed by atoms with van der Waals surface area (Å²) in [5.41, 5.74) is 2.35. The van der Waals surface area contributed by atoms with Crippen molar-refractivity contribution in [2.24, 2.45) is 0 Å². The van der Waals surface area contributed by atoms with Crippen LogP contribution in [0.25, 0.3) is 0 Å². The van der Waals surface area contributed by atoms with Crippen molar-refractivity contribution in [1.82, 2.24) is 10.6 Å². The van der Waals surface area contributed by atoms with E-state index in [0.717, 1.165) is 5.56 Å². The number of carbonyl (C=O) groups excluding carboxylic acids is 2. The average molecular weight is 471 g/mol. The van der Waals surface area contributed by atoms with Gasteiger partial charge in [-0.2, -0.15) is 8.78 Å². The highest BCUT2D eigenvalue weighted by atomic mass is 19.3. The monoisotopic (exact) mass is 471 g/mol. The van der Waals surface area contributed by atoms with Crippen LogP contribution in [0.3, 0.4) is 0 Å². The minimum absolute atomic E-state index is 0.0417. The van der Waals surface area contributed by atoms with Gasteiger partial charge in [0.2, 0.25) is 5.91 Å². The molecule has 3 N–H and O–H groups in total. The number of benzene rings is 3. The molecule has 0 radical (unpaired) electrons. The molecule has 0 atom stereocenters. The number of halogens is 3. The first kappa shape index (κ1) is 24.6. The fourth-order valence-electron chi connectivity index (χ4n) is 3.09. The number of ether oxygens (including phenoxy) is 1. The SMILES string of the molecule is O=C(CNc1ccc(C(=O)NCc2ccccc2F)cc1)NCCc1ccc(OC(F)F)cc1. The molecule has 0 saturated carbocycles. The summed E-state index contributed by atoms with van der Waals surface area (Å²) in [5, 5.41) is 8.41. The van der Waals surface area contributed by atoms with Gasteiger partial charge in [-0.15, -0.1) is 0 Å². The molecule has 0 fully saturated rings. The van der Waals surface area contributed by atoms with Gasteiger partial charge in [-0.1, -0.05) is 30.3 Å². The normalized spacial score (nSPS) is 10.6. The predicted molar refractivity (Wildman–Crippen MR) is 122 cm³/mol. The largest absolute Gasteiger partial charge is 0.435 e. The van der Waals surface area contributed by atoms with Gasteiger partial charge in [0.1, 0.15) is 11.6 Å². The number of alkyl halides is 2. The summed E-state index contributed by atoms with van der Waals surface area (Å²) >= 11 is 0. The molecule has 9 heteroatoms. The van der Waals surface area contributed by atoms with E-state index in [1.54, 1.807) is 54.6 Å². The van der Waals surface area contributed by atoms with Gasteiger partial charge in [-0.05, 0) is 54.4 Å². The number of nitrogens with one attached hydrogen (secondary N) is 3. The standard InChI is InChI=1S/C25H24F3N3O3/c26-22-4-2-1-3-19(22)15-31-24(33)18-7-9-20(10-8-18)30-16-23(32)29-14-13-17-5-11-21(12-6-17)34-25(27)28/h1-12,25,30H,13-16H2,(H,29,32)(H,31,33). The van der Waals surface area contributed by atoms with Crippen molar-refractivity contribution in [3.05, 3.63) is 95.3 Å².